The number of rotatable bonds is 5. The fourth-order valence-electron chi connectivity index (χ4n) is 1.21. The van der Waals surface area contributed by atoms with Gasteiger partial charge in [0.05, 0.1) is 0 Å². The van der Waals surface area contributed by atoms with Gasteiger partial charge in [0.25, 0.3) is 0 Å². The first-order valence-electron chi connectivity index (χ1n) is 4.69. The zero-order valence-corrected chi connectivity index (χ0v) is 10.5. The van der Waals surface area contributed by atoms with Gasteiger partial charge in [-0.1, -0.05) is 6.92 Å². The van der Waals surface area contributed by atoms with Gasteiger partial charge in [-0.05, 0) is 53.7 Å². The van der Waals surface area contributed by atoms with Crippen LogP contribution in [0, 0.1) is 0 Å². The van der Waals surface area contributed by atoms with Crippen LogP contribution in [0.2, 0.25) is 0 Å². The van der Waals surface area contributed by atoms with E-state index in [1.54, 1.807) is 0 Å². The summed E-state index contributed by atoms with van der Waals surface area (Å²) < 4.78 is 1.25. The van der Waals surface area contributed by atoms with E-state index in [9.17, 15) is 0 Å². The Labute approximate surface area is 92.7 Å². The van der Waals surface area contributed by atoms with Crippen LogP contribution in [0.1, 0.15) is 25.1 Å². The Morgan fingerprint density at radius 1 is 1.62 bits per heavy atom. The molecule has 0 aliphatic heterocycles. The van der Waals surface area contributed by atoms with Crippen LogP contribution in [-0.2, 0) is 6.42 Å². The highest BCUT2D eigenvalue weighted by atomic mass is 79.9. The lowest BCUT2D eigenvalue weighted by molar-refractivity contribution is 0.546. The van der Waals surface area contributed by atoms with E-state index in [2.05, 4.69) is 46.5 Å². The van der Waals surface area contributed by atoms with Crippen molar-refractivity contribution in [1.29, 1.82) is 0 Å². The molecular formula is C10H16BrNS. The minimum Gasteiger partial charge on any atom is -0.314 e. The molecule has 13 heavy (non-hydrogen) atoms. The van der Waals surface area contributed by atoms with Gasteiger partial charge in [-0.2, -0.15) is 0 Å². The molecule has 0 amide bonds. The highest BCUT2D eigenvalue weighted by molar-refractivity contribution is 9.10. The van der Waals surface area contributed by atoms with Crippen molar-refractivity contribution < 1.29 is 0 Å². The molecule has 1 rings (SSSR count). The average molecular weight is 262 g/mol. The van der Waals surface area contributed by atoms with E-state index >= 15 is 0 Å². The Bertz CT molecular complexity index is 247. The molecule has 1 N–H and O–H groups in total. The second-order valence-electron chi connectivity index (χ2n) is 3.25. The predicted molar refractivity (Wildman–Crippen MR) is 63.5 cm³/mol. The fraction of sp³-hybridized carbons (Fsp3) is 0.600. The minimum absolute atomic E-state index is 0.579. The number of hydrogen-bond acceptors (Lipinski definition) is 2. The number of thiophene rings is 1. The summed E-state index contributed by atoms with van der Waals surface area (Å²) in [5, 5.41) is 5.61. The molecule has 74 valence electrons. The fourth-order valence-corrected chi connectivity index (χ4v) is 2.86. The molecule has 1 atom stereocenters. The number of halogens is 1. The van der Waals surface area contributed by atoms with Crippen molar-refractivity contribution in [2.75, 3.05) is 6.54 Å². The molecule has 0 aliphatic carbocycles. The Kier molecular flexibility index (Phi) is 4.99. The zero-order valence-electron chi connectivity index (χ0n) is 8.14. The van der Waals surface area contributed by atoms with E-state index in [0.29, 0.717) is 6.04 Å². The van der Waals surface area contributed by atoms with E-state index in [4.69, 9.17) is 0 Å². The van der Waals surface area contributed by atoms with E-state index in [-0.39, 0.29) is 0 Å². The van der Waals surface area contributed by atoms with Gasteiger partial charge in [0.1, 0.15) is 0 Å². The van der Waals surface area contributed by atoms with Gasteiger partial charge < -0.3 is 5.32 Å². The molecule has 1 aromatic rings. The van der Waals surface area contributed by atoms with Gasteiger partial charge in [0.2, 0.25) is 0 Å². The quantitative estimate of drug-likeness (QED) is 0.857. The van der Waals surface area contributed by atoms with Crippen molar-refractivity contribution in [3.63, 3.8) is 0 Å². The van der Waals surface area contributed by atoms with Crippen LogP contribution in [0.5, 0.6) is 0 Å². The molecule has 0 fully saturated rings. The molecule has 0 aliphatic rings. The van der Waals surface area contributed by atoms with Crippen LogP contribution in [0.25, 0.3) is 0 Å². The summed E-state index contributed by atoms with van der Waals surface area (Å²) in [5.74, 6) is 0. The lowest BCUT2D eigenvalue weighted by atomic mass is 10.2. The zero-order chi connectivity index (χ0) is 9.68. The summed E-state index contributed by atoms with van der Waals surface area (Å²) >= 11 is 5.37. The summed E-state index contributed by atoms with van der Waals surface area (Å²) in [6.45, 7) is 5.55. The molecule has 0 radical (unpaired) electrons. The SMILES string of the molecule is CCCNC(C)Cc1sccc1Br. The van der Waals surface area contributed by atoms with E-state index < -0.39 is 0 Å². The lowest BCUT2D eigenvalue weighted by Gasteiger charge is -2.11. The monoisotopic (exact) mass is 261 g/mol. The summed E-state index contributed by atoms with van der Waals surface area (Å²) in [5.41, 5.74) is 0. The highest BCUT2D eigenvalue weighted by Gasteiger charge is 2.06. The second-order valence-corrected chi connectivity index (χ2v) is 5.11. The third kappa shape index (κ3) is 3.79. The van der Waals surface area contributed by atoms with Crippen molar-refractivity contribution >= 4 is 27.3 Å². The number of nitrogens with one attached hydrogen (secondary N) is 1. The Morgan fingerprint density at radius 2 is 2.38 bits per heavy atom. The van der Waals surface area contributed by atoms with Crippen LogP contribution in [0.4, 0.5) is 0 Å². The molecule has 0 saturated carbocycles. The maximum atomic E-state index is 3.55. The third-order valence-corrected chi connectivity index (χ3v) is 3.87. The predicted octanol–water partition coefficient (Wildman–Crippen LogP) is 3.44. The van der Waals surface area contributed by atoms with E-state index in [0.717, 1.165) is 13.0 Å². The first kappa shape index (κ1) is 11.2. The highest BCUT2D eigenvalue weighted by Crippen LogP contribution is 2.23. The molecule has 1 heterocycles. The molecule has 1 unspecified atom stereocenters. The second kappa shape index (κ2) is 5.78. The maximum absolute atomic E-state index is 3.55. The summed E-state index contributed by atoms with van der Waals surface area (Å²) in [6, 6.07) is 2.70. The van der Waals surface area contributed by atoms with Gasteiger partial charge in [0, 0.05) is 15.4 Å². The smallest absolute Gasteiger partial charge is 0.0314 e. The number of hydrogen-bond donors (Lipinski definition) is 1. The summed E-state index contributed by atoms with van der Waals surface area (Å²) in [4.78, 5) is 1.44. The third-order valence-electron chi connectivity index (χ3n) is 1.93. The van der Waals surface area contributed by atoms with Crippen molar-refractivity contribution in [2.45, 2.75) is 32.7 Å². The van der Waals surface area contributed by atoms with Crippen LogP contribution in [0.15, 0.2) is 15.9 Å². The standard InChI is InChI=1S/C10H16BrNS/c1-3-5-12-8(2)7-10-9(11)4-6-13-10/h4,6,8,12H,3,5,7H2,1-2H3. The van der Waals surface area contributed by atoms with Crippen LogP contribution >= 0.6 is 27.3 Å². The maximum Gasteiger partial charge on any atom is 0.0314 e. The lowest BCUT2D eigenvalue weighted by Crippen LogP contribution is -2.28. The molecule has 3 heteroatoms. The first-order valence-corrected chi connectivity index (χ1v) is 6.36. The van der Waals surface area contributed by atoms with Crippen molar-refractivity contribution in [3.05, 3.63) is 20.8 Å². The first-order chi connectivity index (χ1) is 6.24. The van der Waals surface area contributed by atoms with Gasteiger partial charge in [-0.25, -0.2) is 0 Å². The average Bonchev–Trinajstić information content (AvgIpc) is 2.48. The van der Waals surface area contributed by atoms with Gasteiger partial charge >= 0.3 is 0 Å². The molecule has 0 bridgehead atoms. The molecule has 0 spiro atoms. The van der Waals surface area contributed by atoms with Crippen molar-refractivity contribution in [3.8, 4) is 0 Å². The van der Waals surface area contributed by atoms with Gasteiger partial charge in [0.15, 0.2) is 0 Å². The van der Waals surface area contributed by atoms with Crippen LogP contribution in [-0.4, -0.2) is 12.6 Å². The van der Waals surface area contributed by atoms with E-state index in [1.165, 1.54) is 15.8 Å². The van der Waals surface area contributed by atoms with Gasteiger partial charge in [-0.3, -0.25) is 0 Å². The van der Waals surface area contributed by atoms with Crippen LogP contribution < -0.4 is 5.32 Å². The Morgan fingerprint density at radius 3 is 2.92 bits per heavy atom. The minimum atomic E-state index is 0.579. The largest absolute Gasteiger partial charge is 0.314 e. The Balaban J connectivity index is 2.36. The van der Waals surface area contributed by atoms with Crippen molar-refractivity contribution in [1.82, 2.24) is 5.32 Å². The molecule has 1 nitrogen and oxygen atoms in total. The Hall–Kier alpha value is 0.140. The van der Waals surface area contributed by atoms with Crippen LogP contribution in [0.3, 0.4) is 0 Å². The molecule has 0 saturated heterocycles. The molecule has 0 aromatic carbocycles. The van der Waals surface area contributed by atoms with Gasteiger partial charge in [-0.15, -0.1) is 11.3 Å². The molecule has 1 aromatic heterocycles. The topological polar surface area (TPSA) is 12.0 Å². The summed E-state index contributed by atoms with van der Waals surface area (Å²) in [6.07, 6.45) is 2.33. The van der Waals surface area contributed by atoms with E-state index in [1.807, 2.05) is 11.3 Å². The summed E-state index contributed by atoms with van der Waals surface area (Å²) in [7, 11) is 0. The molecular weight excluding hydrogens is 246 g/mol. The van der Waals surface area contributed by atoms with Crippen molar-refractivity contribution in [2.24, 2.45) is 0 Å². The normalized spacial score (nSPS) is 13.2.